The van der Waals surface area contributed by atoms with E-state index in [9.17, 15) is 0 Å². The van der Waals surface area contributed by atoms with Crippen LogP contribution in [0.2, 0.25) is 5.02 Å². The molecule has 0 fully saturated rings. The van der Waals surface area contributed by atoms with Crippen LogP contribution in [-0.4, -0.2) is 18.3 Å². The fourth-order valence-electron chi connectivity index (χ4n) is 1.90. The van der Waals surface area contributed by atoms with E-state index in [4.69, 9.17) is 27.2 Å². The Hall–Kier alpha value is -0.770. The van der Waals surface area contributed by atoms with Crippen molar-refractivity contribution in [3.05, 3.63) is 28.3 Å². The van der Waals surface area contributed by atoms with Crippen molar-refractivity contribution in [2.24, 2.45) is 5.73 Å². The summed E-state index contributed by atoms with van der Waals surface area (Å²) >= 11 is 6.14. The Bertz CT molecular complexity index is 391. The van der Waals surface area contributed by atoms with Crippen LogP contribution < -0.4 is 10.5 Å². The maximum atomic E-state index is 9.02. The highest BCUT2D eigenvalue weighted by Gasteiger charge is 2.23. The average Bonchev–Trinajstić information content (AvgIpc) is 2.23. The summed E-state index contributed by atoms with van der Waals surface area (Å²) in [4.78, 5) is 0. The monoisotopic (exact) mass is 257 g/mol. The highest BCUT2D eigenvalue weighted by atomic mass is 35.5. The Morgan fingerprint density at radius 2 is 2.12 bits per heavy atom. The molecular weight excluding hydrogens is 238 g/mol. The molecule has 17 heavy (non-hydrogen) atoms. The minimum Gasteiger partial charge on any atom is -0.492 e. The van der Waals surface area contributed by atoms with Crippen molar-refractivity contribution in [3.63, 3.8) is 0 Å². The topological polar surface area (TPSA) is 55.5 Å². The van der Waals surface area contributed by atoms with Crippen LogP contribution in [0.15, 0.2) is 12.1 Å². The van der Waals surface area contributed by atoms with Crippen molar-refractivity contribution in [1.29, 1.82) is 0 Å². The van der Waals surface area contributed by atoms with Crippen LogP contribution in [0.4, 0.5) is 0 Å². The molecule has 1 aromatic rings. The first-order valence-electron chi connectivity index (χ1n) is 5.75. The first kappa shape index (κ1) is 14.3. The lowest BCUT2D eigenvalue weighted by Crippen LogP contribution is -2.34. The standard InChI is InChI=1S/C13H20ClNO2/c1-4-17-12-7-9(2)10(8-11(12)14)13(3,15)5-6-16/h7-8,16H,4-6,15H2,1-3H3. The van der Waals surface area contributed by atoms with E-state index in [2.05, 4.69) is 0 Å². The molecular formula is C13H20ClNO2. The van der Waals surface area contributed by atoms with Gasteiger partial charge in [0.05, 0.1) is 11.6 Å². The molecule has 0 radical (unpaired) electrons. The number of aliphatic hydroxyl groups is 1. The van der Waals surface area contributed by atoms with Gasteiger partial charge in [0, 0.05) is 12.1 Å². The van der Waals surface area contributed by atoms with Crippen LogP contribution in [0.25, 0.3) is 0 Å². The molecule has 3 N–H and O–H groups in total. The summed E-state index contributed by atoms with van der Waals surface area (Å²) in [6.45, 7) is 6.41. The van der Waals surface area contributed by atoms with Gasteiger partial charge in [0.15, 0.2) is 0 Å². The fourth-order valence-corrected chi connectivity index (χ4v) is 2.12. The van der Waals surface area contributed by atoms with E-state index in [1.807, 2.05) is 32.9 Å². The van der Waals surface area contributed by atoms with Gasteiger partial charge in [-0.3, -0.25) is 0 Å². The molecule has 1 atom stereocenters. The second-order valence-corrected chi connectivity index (χ2v) is 4.83. The molecule has 1 unspecified atom stereocenters. The minimum absolute atomic E-state index is 0.0528. The van der Waals surface area contributed by atoms with Gasteiger partial charge >= 0.3 is 0 Å². The van der Waals surface area contributed by atoms with Gasteiger partial charge in [0.1, 0.15) is 5.75 Å². The number of hydrogen-bond acceptors (Lipinski definition) is 3. The molecule has 0 heterocycles. The predicted molar refractivity (Wildman–Crippen MR) is 70.6 cm³/mol. The van der Waals surface area contributed by atoms with E-state index in [1.165, 1.54) is 0 Å². The van der Waals surface area contributed by atoms with Crippen LogP contribution in [0.3, 0.4) is 0 Å². The molecule has 0 aliphatic rings. The second-order valence-electron chi connectivity index (χ2n) is 4.42. The molecule has 0 saturated heterocycles. The highest BCUT2D eigenvalue weighted by molar-refractivity contribution is 6.32. The molecule has 0 amide bonds. The lowest BCUT2D eigenvalue weighted by molar-refractivity contribution is 0.247. The Kier molecular flexibility index (Phi) is 4.80. The molecule has 0 bridgehead atoms. The SMILES string of the molecule is CCOc1cc(C)c(C(C)(N)CCO)cc1Cl. The van der Waals surface area contributed by atoms with Crippen molar-refractivity contribution in [3.8, 4) is 5.75 Å². The number of benzene rings is 1. The van der Waals surface area contributed by atoms with Gasteiger partial charge < -0.3 is 15.6 Å². The van der Waals surface area contributed by atoms with Gasteiger partial charge in [0.25, 0.3) is 0 Å². The van der Waals surface area contributed by atoms with E-state index < -0.39 is 5.54 Å². The molecule has 1 rings (SSSR count). The third kappa shape index (κ3) is 3.35. The number of halogens is 1. The number of nitrogens with two attached hydrogens (primary N) is 1. The maximum Gasteiger partial charge on any atom is 0.138 e. The third-order valence-corrected chi connectivity index (χ3v) is 3.12. The molecule has 0 saturated carbocycles. The minimum atomic E-state index is -0.576. The number of aliphatic hydroxyl groups excluding tert-OH is 1. The Labute approximate surface area is 108 Å². The van der Waals surface area contributed by atoms with E-state index in [-0.39, 0.29) is 6.61 Å². The zero-order chi connectivity index (χ0) is 13.1. The van der Waals surface area contributed by atoms with Crippen LogP contribution in [0.5, 0.6) is 5.75 Å². The summed E-state index contributed by atoms with van der Waals surface area (Å²) < 4.78 is 5.42. The van der Waals surface area contributed by atoms with E-state index in [1.54, 1.807) is 0 Å². The zero-order valence-electron chi connectivity index (χ0n) is 10.6. The summed E-state index contributed by atoms with van der Waals surface area (Å²) in [5, 5.41) is 9.58. The van der Waals surface area contributed by atoms with Crippen molar-refractivity contribution < 1.29 is 9.84 Å². The summed E-state index contributed by atoms with van der Waals surface area (Å²) in [5.41, 5.74) is 7.58. The molecule has 3 nitrogen and oxygen atoms in total. The number of hydrogen-bond donors (Lipinski definition) is 2. The van der Waals surface area contributed by atoms with Crippen LogP contribution in [0.1, 0.15) is 31.4 Å². The van der Waals surface area contributed by atoms with E-state index in [0.29, 0.717) is 23.8 Å². The Morgan fingerprint density at radius 3 is 2.65 bits per heavy atom. The van der Waals surface area contributed by atoms with Crippen molar-refractivity contribution in [1.82, 2.24) is 0 Å². The van der Waals surface area contributed by atoms with Crippen LogP contribution >= 0.6 is 11.6 Å². The molecule has 0 aromatic heterocycles. The van der Waals surface area contributed by atoms with E-state index >= 15 is 0 Å². The Morgan fingerprint density at radius 1 is 1.47 bits per heavy atom. The highest BCUT2D eigenvalue weighted by Crippen LogP contribution is 2.33. The van der Waals surface area contributed by atoms with Gasteiger partial charge in [-0.25, -0.2) is 0 Å². The maximum absolute atomic E-state index is 9.02. The summed E-state index contributed by atoms with van der Waals surface area (Å²) in [7, 11) is 0. The quantitative estimate of drug-likeness (QED) is 0.853. The first-order valence-corrected chi connectivity index (χ1v) is 6.13. The van der Waals surface area contributed by atoms with Gasteiger partial charge in [-0.15, -0.1) is 0 Å². The van der Waals surface area contributed by atoms with Crippen LogP contribution in [-0.2, 0) is 5.54 Å². The summed E-state index contributed by atoms with van der Waals surface area (Å²) in [5.74, 6) is 0.676. The molecule has 96 valence electrons. The number of rotatable bonds is 5. The lowest BCUT2D eigenvalue weighted by atomic mass is 9.87. The van der Waals surface area contributed by atoms with Gasteiger partial charge in [0.2, 0.25) is 0 Å². The second kappa shape index (κ2) is 5.71. The Balaban J connectivity index is 3.15. The normalized spacial score (nSPS) is 14.5. The van der Waals surface area contributed by atoms with Crippen molar-refractivity contribution >= 4 is 11.6 Å². The molecule has 0 spiro atoms. The van der Waals surface area contributed by atoms with Gasteiger partial charge in [-0.2, -0.15) is 0 Å². The zero-order valence-corrected chi connectivity index (χ0v) is 11.3. The molecule has 0 aliphatic heterocycles. The lowest BCUT2D eigenvalue weighted by Gasteiger charge is -2.27. The summed E-state index contributed by atoms with van der Waals surface area (Å²) in [6, 6.07) is 3.72. The number of ether oxygens (including phenoxy) is 1. The molecule has 1 aromatic carbocycles. The first-order chi connectivity index (χ1) is 7.92. The largest absolute Gasteiger partial charge is 0.492 e. The smallest absolute Gasteiger partial charge is 0.138 e. The van der Waals surface area contributed by atoms with E-state index in [0.717, 1.165) is 11.1 Å². The van der Waals surface area contributed by atoms with Crippen molar-refractivity contribution in [2.75, 3.05) is 13.2 Å². The molecule has 4 heteroatoms. The van der Waals surface area contributed by atoms with Gasteiger partial charge in [-0.1, -0.05) is 11.6 Å². The molecule has 0 aliphatic carbocycles. The number of aryl methyl sites for hydroxylation is 1. The van der Waals surface area contributed by atoms with Gasteiger partial charge in [-0.05, 0) is 50.5 Å². The van der Waals surface area contributed by atoms with Crippen LogP contribution in [0, 0.1) is 6.92 Å². The third-order valence-electron chi connectivity index (χ3n) is 2.83. The average molecular weight is 258 g/mol. The fraction of sp³-hybridized carbons (Fsp3) is 0.538. The summed E-state index contributed by atoms with van der Waals surface area (Å²) in [6.07, 6.45) is 0.498. The predicted octanol–water partition coefficient (Wildman–Crippen LogP) is 2.60. The van der Waals surface area contributed by atoms with Crippen molar-refractivity contribution in [2.45, 2.75) is 32.7 Å².